The van der Waals surface area contributed by atoms with Crippen molar-refractivity contribution in [3.8, 4) is 11.3 Å². The molecule has 0 spiro atoms. The van der Waals surface area contributed by atoms with Gasteiger partial charge in [-0.05, 0) is 25.5 Å². The summed E-state index contributed by atoms with van der Waals surface area (Å²) < 4.78 is 0. The van der Waals surface area contributed by atoms with Crippen LogP contribution in [-0.2, 0) is 4.79 Å². The zero-order chi connectivity index (χ0) is 15.7. The minimum Gasteiger partial charge on any atom is -0.324 e. The van der Waals surface area contributed by atoms with Gasteiger partial charge in [0, 0.05) is 17.9 Å². The molecule has 22 heavy (non-hydrogen) atoms. The minimum absolute atomic E-state index is 0.120. The number of fused-ring (bicyclic) bond motifs is 1. The molecule has 3 rings (SSSR count). The Balaban J connectivity index is 2.35. The molecular weight excluding hydrogens is 274 g/mol. The number of carbonyl (C=O) groups is 1. The molecule has 0 fully saturated rings. The van der Waals surface area contributed by atoms with Crippen LogP contribution in [0.15, 0.2) is 42.5 Å². The van der Waals surface area contributed by atoms with Crippen LogP contribution in [0, 0.1) is 13.8 Å². The van der Waals surface area contributed by atoms with Crippen molar-refractivity contribution < 1.29 is 4.79 Å². The normalized spacial score (nSPS) is 10.7. The Hall–Kier alpha value is -2.75. The van der Waals surface area contributed by atoms with E-state index in [1.165, 1.54) is 6.92 Å². The molecule has 1 heterocycles. The van der Waals surface area contributed by atoms with Crippen LogP contribution in [0.2, 0.25) is 0 Å². The van der Waals surface area contributed by atoms with E-state index < -0.39 is 0 Å². The zero-order valence-corrected chi connectivity index (χ0v) is 12.8. The van der Waals surface area contributed by atoms with E-state index in [9.17, 15) is 4.79 Å². The van der Waals surface area contributed by atoms with Crippen LogP contribution < -0.4 is 5.32 Å². The van der Waals surface area contributed by atoms with Crippen molar-refractivity contribution >= 4 is 22.5 Å². The average molecular weight is 291 g/mol. The Bertz CT molecular complexity index is 857. The second-order valence-electron chi connectivity index (χ2n) is 5.45. The highest BCUT2D eigenvalue weighted by molar-refractivity contribution is 6.05. The molecule has 0 aliphatic heterocycles. The Morgan fingerprint density at radius 1 is 1.05 bits per heavy atom. The average Bonchev–Trinajstić information content (AvgIpc) is 2.48. The predicted molar refractivity (Wildman–Crippen MR) is 88.8 cm³/mol. The van der Waals surface area contributed by atoms with Gasteiger partial charge >= 0.3 is 0 Å². The first-order valence-corrected chi connectivity index (χ1v) is 7.17. The van der Waals surface area contributed by atoms with Crippen molar-refractivity contribution in [1.82, 2.24) is 10.2 Å². The smallest absolute Gasteiger partial charge is 0.221 e. The largest absolute Gasteiger partial charge is 0.324 e. The number of amides is 1. The van der Waals surface area contributed by atoms with E-state index in [0.29, 0.717) is 5.69 Å². The highest BCUT2D eigenvalue weighted by Crippen LogP contribution is 2.33. The molecule has 0 bridgehead atoms. The molecule has 110 valence electrons. The van der Waals surface area contributed by atoms with E-state index >= 15 is 0 Å². The lowest BCUT2D eigenvalue weighted by atomic mass is 10.0. The van der Waals surface area contributed by atoms with Crippen molar-refractivity contribution in [3.05, 3.63) is 53.6 Å². The van der Waals surface area contributed by atoms with Crippen LogP contribution in [0.25, 0.3) is 22.2 Å². The zero-order valence-electron chi connectivity index (χ0n) is 12.8. The van der Waals surface area contributed by atoms with Crippen LogP contribution in [0.1, 0.15) is 18.1 Å². The van der Waals surface area contributed by atoms with Gasteiger partial charge < -0.3 is 5.32 Å². The molecule has 0 atom stereocenters. The molecule has 0 aliphatic rings. The lowest BCUT2D eigenvalue weighted by molar-refractivity contribution is -0.114. The van der Waals surface area contributed by atoms with E-state index in [1.54, 1.807) is 0 Å². The number of hydrogen-bond acceptors (Lipinski definition) is 3. The summed E-state index contributed by atoms with van der Waals surface area (Å²) in [5.74, 6) is -0.120. The molecule has 4 heteroatoms. The number of nitrogens with one attached hydrogen (secondary N) is 1. The van der Waals surface area contributed by atoms with Gasteiger partial charge in [-0.3, -0.25) is 4.79 Å². The number of aromatic nitrogens is 2. The maximum Gasteiger partial charge on any atom is 0.221 e. The van der Waals surface area contributed by atoms with Gasteiger partial charge in [0.05, 0.1) is 11.2 Å². The van der Waals surface area contributed by atoms with Crippen molar-refractivity contribution in [1.29, 1.82) is 0 Å². The van der Waals surface area contributed by atoms with E-state index in [2.05, 4.69) is 21.6 Å². The number of benzene rings is 2. The number of rotatable bonds is 2. The first-order valence-electron chi connectivity index (χ1n) is 7.17. The summed E-state index contributed by atoms with van der Waals surface area (Å²) in [7, 11) is 0. The summed E-state index contributed by atoms with van der Waals surface area (Å²) in [6.07, 6.45) is 0. The fourth-order valence-corrected chi connectivity index (χ4v) is 2.66. The van der Waals surface area contributed by atoms with Gasteiger partial charge in [0.25, 0.3) is 0 Å². The SMILES string of the molecule is CC(=O)Nc1c(-c2ccccc2)nnc2c(C)cc(C)cc12. The monoisotopic (exact) mass is 291 g/mol. The van der Waals surface area contributed by atoms with Crippen LogP contribution in [0.4, 0.5) is 5.69 Å². The van der Waals surface area contributed by atoms with E-state index in [1.807, 2.05) is 50.2 Å². The lowest BCUT2D eigenvalue weighted by Gasteiger charge is -2.13. The van der Waals surface area contributed by atoms with Gasteiger partial charge in [0.1, 0.15) is 5.69 Å². The van der Waals surface area contributed by atoms with E-state index in [-0.39, 0.29) is 5.91 Å². The first kappa shape index (κ1) is 14.2. The molecule has 0 unspecified atom stereocenters. The van der Waals surface area contributed by atoms with E-state index in [0.717, 1.165) is 33.3 Å². The summed E-state index contributed by atoms with van der Waals surface area (Å²) in [5, 5.41) is 12.6. The maximum absolute atomic E-state index is 11.7. The number of anilines is 1. The quantitative estimate of drug-likeness (QED) is 0.779. The van der Waals surface area contributed by atoms with Crippen LogP contribution in [-0.4, -0.2) is 16.1 Å². The fraction of sp³-hybridized carbons (Fsp3) is 0.167. The summed E-state index contributed by atoms with van der Waals surface area (Å²) >= 11 is 0. The highest BCUT2D eigenvalue weighted by atomic mass is 16.1. The first-order chi connectivity index (χ1) is 10.6. The van der Waals surface area contributed by atoms with Gasteiger partial charge in [-0.1, -0.05) is 42.0 Å². The Labute approximate surface area is 129 Å². The molecule has 2 aromatic carbocycles. The van der Waals surface area contributed by atoms with Crippen molar-refractivity contribution in [2.24, 2.45) is 0 Å². The van der Waals surface area contributed by atoms with Crippen molar-refractivity contribution in [3.63, 3.8) is 0 Å². The minimum atomic E-state index is -0.120. The molecule has 3 aromatic rings. The van der Waals surface area contributed by atoms with E-state index in [4.69, 9.17) is 0 Å². The summed E-state index contributed by atoms with van der Waals surface area (Å²) in [6.45, 7) is 5.54. The molecule has 4 nitrogen and oxygen atoms in total. The summed E-state index contributed by atoms with van der Waals surface area (Å²) in [5.41, 5.74) is 5.33. The Morgan fingerprint density at radius 2 is 1.77 bits per heavy atom. The Morgan fingerprint density at radius 3 is 2.45 bits per heavy atom. The number of aryl methyl sites for hydroxylation is 2. The molecule has 0 saturated heterocycles. The number of nitrogens with zero attached hydrogens (tertiary/aromatic N) is 2. The third-order valence-electron chi connectivity index (χ3n) is 3.55. The maximum atomic E-state index is 11.7. The fourth-order valence-electron chi connectivity index (χ4n) is 2.66. The van der Waals surface area contributed by atoms with Gasteiger partial charge in [-0.25, -0.2) is 0 Å². The van der Waals surface area contributed by atoms with Crippen LogP contribution >= 0.6 is 0 Å². The molecule has 0 saturated carbocycles. The molecule has 1 aromatic heterocycles. The van der Waals surface area contributed by atoms with Gasteiger partial charge in [0.2, 0.25) is 5.91 Å². The second kappa shape index (κ2) is 5.56. The van der Waals surface area contributed by atoms with Crippen LogP contribution in [0.3, 0.4) is 0 Å². The van der Waals surface area contributed by atoms with Crippen molar-refractivity contribution in [2.45, 2.75) is 20.8 Å². The molecule has 1 N–H and O–H groups in total. The highest BCUT2D eigenvalue weighted by Gasteiger charge is 2.15. The molecular formula is C18H17N3O. The molecule has 0 radical (unpaired) electrons. The van der Waals surface area contributed by atoms with Gasteiger partial charge in [-0.15, -0.1) is 10.2 Å². The van der Waals surface area contributed by atoms with Crippen LogP contribution in [0.5, 0.6) is 0 Å². The third-order valence-corrected chi connectivity index (χ3v) is 3.55. The summed E-state index contributed by atoms with van der Waals surface area (Å²) in [4.78, 5) is 11.7. The number of hydrogen-bond donors (Lipinski definition) is 1. The van der Waals surface area contributed by atoms with Gasteiger partial charge in [0.15, 0.2) is 0 Å². The molecule has 1 amide bonds. The predicted octanol–water partition coefficient (Wildman–Crippen LogP) is 3.87. The topological polar surface area (TPSA) is 54.9 Å². The molecule has 0 aliphatic carbocycles. The van der Waals surface area contributed by atoms with Crippen molar-refractivity contribution in [2.75, 3.05) is 5.32 Å². The second-order valence-corrected chi connectivity index (χ2v) is 5.45. The lowest BCUT2D eigenvalue weighted by Crippen LogP contribution is -2.09. The number of carbonyl (C=O) groups excluding carboxylic acids is 1. The third kappa shape index (κ3) is 2.55. The van der Waals surface area contributed by atoms with Gasteiger partial charge in [-0.2, -0.15) is 0 Å². The summed E-state index contributed by atoms with van der Waals surface area (Å²) in [6, 6.07) is 13.9. The Kier molecular flexibility index (Phi) is 3.59. The standard InChI is InChI=1S/C18H17N3O/c1-11-9-12(2)16-15(10-11)18(19-13(3)22)17(21-20-16)14-7-5-4-6-8-14/h4-10H,1-3H3,(H,19,20,22).